The van der Waals surface area contributed by atoms with Crippen LogP contribution in [-0.2, 0) is 9.47 Å². The Morgan fingerprint density at radius 2 is 1.71 bits per heavy atom. The topological polar surface area (TPSA) is 67.8 Å². The standard InChI is InChI=1S/C21H26N4O3/c1-15-12-25(13-16(2)28-15)21-19(14-26)9-18(11-23-21)17-3-4-20(22-10-17)24-5-7-27-8-6-24/h3-4,9-11,14-16H,5-8,12-13H2,1-2H3/t15-,16+. The molecule has 7 heteroatoms. The number of rotatable bonds is 4. The zero-order valence-electron chi connectivity index (χ0n) is 16.4. The Morgan fingerprint density at radius 3 is 2.36 bits per heavy atom. The lowest BCUT2D eigenvalue weighted by molar-refractivity contribution is -0.00549. The smallest absolute Gasteiger partial charge is 0.153 e. The fourth-order valence-electron chi connectivity index (χ4n) is 3.87. The van der Waals surface area contributed by atoms with E-state index >= 15 is 0 Å². The first kappa shape index (κ1) is 18.8. The molecule has 0 bridgehead atoms. The zero-order chi connectivity index (χ0) is 19.5. The summed E-state index contributed by atoms with van der Waals surface area (Å²) >= 11 is 0. The molecule has 0 amide bonds. The molecule has 2 fully saturated rings. The molecule has 2 aliphatic rings. The van der Waals surface area contributed by atoms with Gasteiger partial charge in [0.1, 0.15) is 11.6 Å². The molecule has 0 N–H and O–H groups in total. The molecule has 28 heavy (non-hydrogen) atoms. The van der Waals surface area contributed by atoms with E-state index in [-0.39, 0.29) is 12.2 Å². The van der Waals surface area contributed by atoms with E-state index in [1.807, 2.05) is 44.4 Å². The third-order valence-electron chi connectivity index (χ3n) is 5.16. The van der Waals surface area contributed by atoms with Crippen LogP contribution in [0.4, 0.5) is 11.6 Å². The van der Waals surface area contributed by atoms with Crippen molar-refractivity contribution >= 4 is 17.9 Å². The quantitative estimate of drug-likeness (QED) is 0.752. The minimum absolute atomic E-state index is 0.113. The van der Waals surface area contributed by atoms with Crippen LogP contribution in [0.2, 0.25) is 0 Å². The third-order valence-corrected chi connectivity index (χ3v) is 5.16. The first-order chi connectivity index (χ1) is 13.6. The predicted molar refractivity (Wildman–Crippen MR) is 108 cm³/mol. The predicted octanol–water partition coefficient (Wildman–Crippen LogP) is 2.41. The highest BCUT2D eigenvalue weighted by Crippen LogP contribution is 2.27. The van der Waals surface area contributed by atoms with Gasteiger partial charge < -0.3 is 19.3 Å². The summed E-state index contributed by atoms with van der Waals surface area (Å²) in [5.41, 5.74) is 2.43. The minimum atomic E-state index is 0.113. The number of ether oxygens (including phenoxy) is 2. The molecule has 0 aromatic carbocycles. The monoisotopic (exact) mass is 382 g/mol. The number of aromatic nitrogens is 2. The van der Waals surface area contributed by atoms with E-state index in [9.17, 15) is 4.79 Å². The summed E-state index contributed by atoms with van der Waals surface area (Å²) in [6, 6.07) is 5.94. The van der Waals surface area contributed by atoms with E-state index in [0.717, 1.165) is 68.4 Å². The van der Waals surface area contributed by atoms with Gasteiger partial charge in [-0.3, -0.25) is 4.79 Å². The molecule has 0 saturated carbocycles. The highest BCUT2D eigenvalue weighted by molar-refractivity contribution is 5.85. The first-order valence-electron chi connectivity index (χ1n) is 9.79. The van der Waals surface area contributed by atoms with Gasteiger partial charge in [-0.2, -0.15) is 0 Å². The van der Waals surface area contributed by atoms with Crippen molar-refractivity contribution in [3.8, 4) is 11.1 Å². The molecular formula is C21H26N4O3. The van der Waals surface area contributed by atoms with Crippen molar-refractivity contribution in [3.05, 3.63) is 36.2 Å². The van der Waals surface area contributed by atoms with Gasteiger partial charge in [-0.05, 0) is 32.0 Å². The maximum Gasteiger partial charge on any atom is 0.153 e. The minimum Gasteiger partial charge on any atom is -0.378 e. The Labute approximate surface area is 165 Å². The van der Waals surface area contributed by atoms with Crippen LogP contribution in [0.1, 0.15) is 24.2 Å². The van der Waals surface area contributed by atoms with Crippen LogP contribution in [0.15, 0.2) is 30.6 Å². The molecule has 4 heterocycles. The maximum absolute atomic E-state index is 11.7. The van der Waals surface area contributed by atoms with Gasteiger partial charge in [0.05, 0.1) is 31.0 Å². The van der Waals surface area contributed by atoms with Crippen LogP contribution in [0.3, 0.4) is 0 Å². The first-order valence-corrected chi connectivity index (χ1v) is 9.79. The molecule has 7 nitrogen and oxygen atoms in total. The number of nitrogens with zero attached hydrogens (tertiary/aromatic N) is 4. The summed E-state index contributed by atoms with van der Waals surface area (Å²) < 4.78 is 11.2. The van der Waals surface area contributed by atoms with Crippen LogP contribution < -0.4 is 9.80 Å². The lowest BCUT2D eigenvalue weighted by atomic mass is 10.1. The van der Waals surface area contributed by atoms with Gasteiger partial charge in [0.15, 0.2) is 6.29 Å². The van der Waals surface area contributed by atoms with Crippen LogP contribution >= 0.6 is 0 Å². The van der Waals surface area contributed by atoms with Crippen molar-refractivity contribution in [1.82, 2.24) is 9.97 Å². The number of hydrogen-bond acceptors (Lipinski definition) is 7. The summed E-state index contributed by atoms with van der Waals surface area (Å²) in [5, 5.41) is 0. The van der Waals surface area contributed by atoms with Gasteiger partial charge >= 0.3 is 0 Å². The summed E-state index contributed by atoms with van der Waals surface area (Å²) in [5.74, 6) is 1.67. The van der Waals surface area contributed by atoms with E-state index < -0.39 is 0 Å². The maximum atomic E-state index is 11.7. The normalized spacial score (nSPS) is 22.9. The van der Waals surface area contributed by atoms with E-state index in [1.54, 1.807) is 0 Å². The lowest BCUT2D eigenvalue weighted by Crippen LogP contribution is -2.46. The number of morpholine rings is 2. The van der Waals surface area contributed by atoms with Crippen LogP contribution in [0.5, 0.6) is 0 Å². The number of anilines is 2. The molecule has 2 saturated heterocycles. The number of carbonyl (C=O) groups excluding carboxylic acids is 1. The summed E-state index contributed by atoms with van der Waals surface area (Å²) in [6.07, 6.45) is 4.77. The van der Waals surface area contributed by atoms with Crippen molar-refractivity contribution in [1.29, 1.82) is 0 Å². The van der Waals surface area contributed by atoms with Gasteiger partial charge in [0.25, 0.3) is 0 Å². The van der Waals surface area contributed by atoms with E-state index in [1.165, 1.54) is 0 Å². The van der Waals surface area contributed by atoms with Crippen molar-refractivity contribution in [2.45, 2.75) is 26.1 Å². The second-order valence-electron chi connectivity index (χ2n) is 7.42. The van der Waals surface area contributed by atoms with Gasteiger partial charge in [-0.25, -0.2) is 9.97 Å². The molecule has 0 unspecified atom stereocenters. The second-order valence-corrected chi connectivity index (χ2v) is 7.42. The van der Waals surface area contributed by atoms with Gasteiger partial charge in [0, 0.05) is 49.7 Å². The second kappa shape index (κ2) is 8.24. The van der Waals surface area contributed by atoms with Crippen molar-refractivity contribution in [2.75, 3.05) is 49.2 Å². The number of carbonyl (C=O) groups is 1. The van der Waals surface area contributed by atoms with Gasteiger partial charge in [-0.1, -0.05) is 0 Å². The van der Waals surface area contributed by atoms with E-state index in [2.05, 4.69) is 19.8 Å². The van der Waals surface area contributed by atoms with Crippen molar-refractivity contribution in [2.24, 2.45) is 0 Å². The summed E-state index contributed by atoms with van der Waals surface area (Å²) in [4.78, 5) is 25.3. The molecule has 2 aromatic rings. The fraction of sp³-hybridized carbons (Fsp3) is 0.476. The SMILES string of the molecule is C[C@@H]1CN(c2ncc(-c3ccc(N4CCOCC4)nc3)cc2C=O)C[C@H](C)O1. The molecular weight excluding hydrogens is 356 g/mol. The summed E-state index contributed by atoms with van der Waals surface area (Å²) in [6.45, 7) is 8.72. The Balaban J connectivity index is 1.56. The van der Waals surface area contributed by atoms with Gasteiger partial charge in [0.2, 0.25) is 0 Å². The third kappa shape index (κ3) is 4.00. The molecule has 2 aliphatic heterocycles. The Morgan fingerprint density at radius 1 is 1.00 bits per heavy atom. The number of aldehydes is 1. The Bertz CT molecular complexity index is 811. The van der Waals surface area contributed by atoms with E-state index in [4.69, 9.17) is 9.47 Å². The average molecular weight is 382 g/mol. The fourth-order valence-corrected chi connectivity index (χ4v) is 3.87. The summed E-state index contributed by atoms with van der Waals surface area (Å²) in [7, 11) is 0. The highest BCUT2D eigenvalue weighted by Gasteiger charge is 2.25. The van der Waals surface area contributed by atoms with Crippen molar-refractivity contribution < 1.29 is 14.3 Å². The van der Waals surface area contributed by atoms with Gasteiger partial charge in [-0.15, -0.1) is 0 Å². The Kier molecular flexibility index (Phi) is 5.54. The van der Waals surface area contributed by atoms with Crippen LogP contribution in [-0.4, -0.2) is 67.9 Å². The lowest BCUT2D eigenvalue weighted by Gasteiger charge is -2.36. The van der Waals surface area contributed by atoms with E-state index in [0.29, 0.717) is 5.56 Å². The molecule has 0 aliphatic carbocycles. The molecule has 0 radical (unpaired) electrons. The average Bonchev–Trinajstić information content (AvgIpc) is 2.73. The molecule has 0 spiro atoms. The molecule has 148 valence electrons. The number of hydrogen-bond donors (Lipinski definition) is 0. The molecule has 2 atom stereocenters. The Hall–Kier alpha value is -2.51. The largest absolute Gasteiger partial charge is 0.378 e. The van der Waals surface area contributed by atoms with Crippen LogP contribution in [0.25, 0.3) is 11.1 Å². The molecule has 2 aromatic heterocycles. The highest BCUT2D eigenvalue weighted by atomic mass is 16.5. The molecule has 4 rings (SSSR count). The van der Waals surface area contributed by atoms with Crippen LogP contribution in [0, 0.1) is 0 Å². The van der Waals surface area contributed by atoms with Crippen molar-refractivity contribution in [3.63, 3.8) is 0 Å². The number of pyridine rings is 2. The zero-order valence-corrected chi connectivity index (χ0v) is 16.4.